The molecule has 0 unspecified atom stereocenters. The second-order valence-electron chi connectivity index (χ2n) is 6.67. The molecule has 31 heavy (non-hydrogen) atoms. The Balaban J connectivity index is 1.93. The lowest BCUT2D eigenvalue weighted by Gasteiger charge is -2.19. The molecule has 0 radical (unpaired) electrons. The molecule has 9 nitrogen and oxygen atoms in total. The molecule has 0 bridgehead atoms. The van der Waals surface area contributed by atoms with Crippen LogP contribution in [0.5, 0.6) is 5.75 Å². The van der Waals surface area contributed by atoms with E-state index in [-0.39, 0.29) is 17.1 Å². The molecule has 164 valence electrons. The SMILES string of the molecule is CCN(CC)S(=O)(=O)c1ccc(OC)c(NC(=O)Cn2c(=O)cnc3ccccc32)c1. The fourth-order valence-corrected chi connectivity index (χ4v) is 4.75. The van der Waals surface area contributed by atoms with E-state index in [1.54, 1.807) is 38.1 Å². The van der Waals surface area contributed by atoms with Crippen LogP contribution in [0.25, 0.3) is 11.0 Å². The molecular weight excluding hydrogens is 420 g/mol. The van der Waals surface area contributed by atoms with Crippen LogP contribution in [-0.2, 0) is 21.4 Å². The highest BCUT2D eigenvalue weighted by molar-refractivity contribution is 7.89. The zero-order chi connectivity index (χ0) is 22.6. The molecule has 0 aliphatic heterocycles. The predicted octanol–water partition coefficient (Wildman–Crippen LogP) is 2.07. The maximum atomic E-state index is 12.8. The van der Waals surface area contributed by atoms with Crippen LogP contribution in [0.4, 0.5) is 5.69 Å². The number of rotatable bonds is 8. The van der Waals surface area contributed by atoms with Crippen molar-refractivity contribution >= 4 is 32.7 Å². The molecule has 0 spiro atoms. The molecule has 0 aliphatic rings. The molecule has 10 heteroatoms. The molecule has 1 heterocycles. The fourth-order valence-electron chi connectivity index (χ4n) is 3.27. The first-order chi connectivity index (χ1) is 14.8. The molecule has 0 saturated carbocycles. The lowest BCUT2D eigenvalue weighted by Crippen LogP contribution is -2.31. The summed E-state index contributed by atoms with van der Waals surface area (Å²) in [4.78, 5) is 29.1. The van der Waals surface area contributed by atoms with E-state index in [2.05, 4.69) is 10.3 Å². The second-order valence-corrected chi connectivity index (χ2v) is 8.61. The number of hydrogen-bond acceptors (Lipinski definition) is 6. The maximum absolute atomic E-state index is 12.8. The zero-order valence-corrected chi connectivity index (χ0v) is 18.3. The van der Waals surface area contributed by atoms with Gasteiger partial charge in [0.25, 0.3) is 5.56 Å². The largest absolute Gasteiger partial charge is 0.495 e. The zero-order valence-electron chi connectivity index (χ0n) is 17.5. The van der Waals surface area contributed by atoms with E-state index in [9.17, 15) is 18.0 Å². The molecule has 0 aliphatic carbocycles. The number of benzene rings is 2. The van der Waals surface area contributed by atoms with Crippen LogP contribution in [0.3, 0.4) is 0 Å². The van der Waals surface area contributed by atoms with Crippen molar-refractivity contribution in [2.75, 3.05) is 25.5 Å². The van der Waals surface area contributed by atoms with Crippen LogP contribution in [0.15, 0.2) is 58.4 Å². The van der Waals surface area contributed by atoms with Crippen LogP contribution in [-0.4, -0.2) is 48.4 Å². The standard InChI is InChI=1S/C21H24N4O5S/c1-4-24(5-2)31(28,29)15-10-11-19(30-3)17(12-15)23-20(26)14-25-18-9-7-6-8-16(18)22-13-21(25)27/h6-13H,4-5,14H2,1-3H3,(H,23,26). The van der Waals surface area contributed by atoms with Gasteiger partial charge in [-0.2, -0.15) is 4.31 Å². The van der Waals surface area contributed by atoms with Gasteiger partial charge in [-0.15, -0.1) is 0 Å². The number of anilines is 1. The Morgan fingerprint density at radius 1 is 1.16 bits per heavy atom. The summed E-state index contributed by atoms with van der Waals surface area (Å²) in [5.74, 6) is -0.201. The first kappa shape index (κ1) is 22.4. The topological polar surface area (TPSA) is 111 Å². The van der Waals surface area contributed by atoms with Gasteiger partial charge in [0.2, 0.25) is 15.9 Å². The first-order valence-electron chi connectivity index (χ1n) is 9.74. The number of methoxy groups -OCH3 is 1. The molecule has 1 amide bonds. The third-order valence-corrected chi connectivity index (χ3v) is 6.89. The smallest absolute Gasteiger partial charge is 0.269 e. The molecule has 1 N–H and O–H groups in total. The number of nitrogens with zero attached hydrogens (tertiary/aromatic N) is 3. The van der Waals surface area contributed by atoms with Gasteiger partial charge in [-0.25, -0.2) is 13.4 Å². The van der Waals surface area contributed by atoms with Crippen molar-refractivity contribution in [2.24, 2.45) is 0 Å². The van der Waals surface area contributed by atoms with Crippen molar-refractivity contribution in [1.29, 1.82) is 0 Å². The van der Waals surface area contributed by atoms with Gasteiger partial charge in [-0.3, -0.25) is 14.2 Å². The van der Waals surface area contributed by atoms with E-state index in [1.807, 2.05) is 0 Å². The van der Waals surface area contributed by atoms with Crippen molar-refractivity contribution in [1.82, 2.24) is 13.9 Å². The van der Waals surface area contributed by atoms with Gasteiger partial charge in [0.15, 0.2) is 0 Å². The average Bonchev–Trinajstić information content (AvgIpc) is 2.76. The van der Waals surface area contributed by atoms with Crippen LogP contribution in [0.2, 0.25) is 0 Å². The Morgan fingerprint density at radius 3 is 2.55 bits per heavy atom. The van der Waals surface area contributed by atoms with Crippen molar-refractivity contribution < 1.29 is 17.9 Å². The maximum Gasteiger partial charge on any atom is 0.269 e. The summed E-state index contributed by atoms with van der Waals surface area (Å²) in [5.41, 5.74) is 0.889. The first-order valence-corrected chi connectivity index (χ1v) is 11.2. The van der Waals surface area contributed by atoms with Crippen LogP contribution in [0.1, 0.15) is 13.8 Å². The minimum Gasteiger partial charge on any atom is -0.495 e. The Bertz CT molecular complexity index is 1270. The normalized spacial score (nSPS) is 11.6. The van der Waals surface area contributed by atoms with Gasteiger partial charge < -0.3 is 10.1 Å². The Kier molecular flexibility index (Phi) is 6.71. The summed E-state index contributed by atoms with van der Waals surface area (Å²) >= 11 is 0. The van der Waals surface area contributed by atoms with Gasteiger partial charge in [0.05, 0.1) is 34.9 Å². The Labute approximate surface area is 180 Å². The number of fused-ring (bicyclic) bond motifs is 1. The van der Waals surface area contributed by atoms with Crippen molar-refractivity contribution in [3.63, 3.8) is 0 Å². The van der Waals surface area contributed by atoms with Crippen LogP contribution < -0.4 is 15.6 Å². The van der Waals surface area contributed by atoms with Crippen LogP contribution in [0, 0.1) is 0 Å². The van der Waals surface area contributed by atoms with Gasteiger partial charge in [0, 0.05) is 13.1 Å². The highest BCUT2D eigenvalue weighted by atomic mass is 32.2. The van der Waals surface area contributed by atoms with Gasteiger partial charge in [-0.05, 0) is 30.3 Å². The molecule has 2 aromatic carbocycles. The lowest BCUT2D eigenvalue weighted by molar-refractivity contribution is -0.116. The van der Waals surface area contributed by atoms with E-state index in [0.29, 0.717) is 29.9 Å². The number of sulfonamides is 1. The van der Waals surface area contributed by atoms with Gasteiger partial charge in [0.1, 0.15) is 12.3 Å². The molecule has 0 atom stereocenters. The Hall–Kier alpha value is -3.24. The van der Waals surface area contributed by atoms with E-state index in [4.69, 9.17) is 4.74 Å². The quantitative estimate of drug-likeness (QED) is 0.570. The monoisotopic (exact) mass is 444 g/mol. The number of carbonyl (C=O) groups is 1. The summed E-state index contributed by atoms with van der Waals surface area (Å²) in [7, 11) is -2.29. The molecule has 0 fully saturated rings. The van der Waals surface area contributed by atoms with Crippen molar-refractivity contribution in [3.05, 3.63) is 59.0 Å². The molecule has 3 aromatic rings. The molecule has 1 aromatic heterocycles. The fraction of sp³-hybridized carbons (Fsp3) is 0.286. The predicted molar refractivity (Wildman–Crippen MR) is 118 cm³/mol. The second kappa shape index (κ2) is 9.27. The minimum absolute atomic E-state index is 0.0406. The molecule has 3 rings (SSSR count). The third-order valence-electron chi connectivity index (χ3n) is 4.84. The van der Waals surface area contributed by atoms with E-state index < -0.39 is 21.5 Å². The molecular formula is C21H24N4O5S. The Morgan fingerprint density at radius 2 is 1.87 bits per heavy atom. The van der Waals surface area contributed by atoms with Crippen molar-refractivity contribution in [2.45, 2.75) is 25.3 Å². The molecule has 0 saturated heterocycles. The average molecular weight is 445 g/mol. The number of nitrogens with one attached hydrogen (secondary N) is 1. The third kappa shape index (κ3) is 4.59. The summed E-state index contributed by atoms with van der Waals surface area (Å²) in [6, 6.07) is 11.3. The highest BCUT2D eigenvalue weighted by Gasteiger charge is 2.23. The highest BCUT2D eigenvalue weighted by Crippen LogP contribution is 2.29. The van der Waals surface area contributed by atoms with Gasteiger partial charge in [-0.1, -0.05) is 26.0 Å². The number of aromatic nitrogens is 2. The van der Waals surface area contributed by atoms with E-state index >= 15 is 0 Å². The van der Waals surface area contributed by atoms with Crippen LogP contribution >= 0.6 is 0 Å². The minimum atomic E-state index is -3.72. The van der Waals surface area contributed by atoms with Gasteiger partial charge >= 0.3 is 0 Å². The lowest BCUT2D eigenvalue weighted by atomic mass is 10.2. The number of amides is 1. The summed E-state index contributed by atoms with van der Waals surface area (Å²) in [6.07, 6.45) is 1.16. The number of carbonyl (C=O) groups excluding carboxylic acids is 1. The van der Waals surface area contributed by atoms with E-state index in [0.717, 1.165) is 6.20 Å². The number of hydrogen-bond donors (Lipinski definition) is 1. The number of ether oxygens (including phenoxy) is 1. The summed E-state index contributed by atoms with van der Waals surface area (Å²) in [5, 5.41) is 2.66. The van der Waals surface area contributed by atoms with E-state index in [1.165, 1.54) is 34.2 Å². The number of para-hydroxylation sites is 2. The summed E-state index contributed by atoms with van der Waals surface area (Å²) in [6.45, 7) is 3.89. The summed E-state index contributed by atoms with van der Waals surface area (Å²) < 4.78 is 33.6. The van der Waals surface area contributed by atoms with Crippen molar-refractivity contribution in [3.8, 4) is 5.75 Å².